The summed E-state index contributed by atoms with van der Waals surface area (Å²) in [6.07, 6.45) is 0. The van der Waals surface area contributed by atoms with Gasteiger partial charge in [-0.05, 0) is 12.1 Å². The number of aliphatic hydroxyl groups is 1. The Bertz CT molecular complexity index is 389. The van der Waals surface area contributed by atoms with Crippen LogP contribution in [0, 0.1) is 0 Å². The topological polar surface area (TPSA) is 86.7 Å². The van der Waals surface area contributed by atoms with Crippen LogP contribution >= 0.6 is 0 Å². The van der Waals surface area contributed by atoms with Crippen LogP contribution in [-0.4, -0.2) is 24.9 Å². The van der Waals surface area contributed by atoms with E-state index in [1.54, 1.807) is 0 Å². The SMILES string of the molecule is O=S(=O)([O-])c1ccccc1OCO.[K+]. The van der Waals surface area contributed by atoms with Gasteiger partial charge in [-0.2, -0.15) is 0 Å². The molecule has 0 unspecified atom stereocenters. The van der Waals surface area contributed by atoms with Crippen molar-refractivity contribution in [3.8, 4) is 5.75 Å². The molecule has 14 heavy (non-hydrogen) atoms. The third-order valence-electron chi connectivity index (χ3n) is 1.34. The van der Waals surface area contributed by atoms with Crippen LogP contribution in [0.25, 0.3) is 0 Å². The van der Waals surface area contributed by atoms with E-state index in [4.69, 9.17) is 5.11 Å². The first-order chi connectivity index (χ1) is 6.05. The second kappa shape index (κ2) is 6.18. The number of ether oxygens (including phenoxy) is 1. The minimum absolute atomic E-state index is 0. The summed E-state index contributed by atoms with van der Waals surface area (Å²) < 4.78 is 36.4. The number of benzene rings is 1. The van der Waals surface area contributed by atoms with Crippen LogP contribution in [-0.2, 0) is 10.1 Å². The largest absolute Gasteiger partial charge is 1.00 e. The predicted octanol–water partition coefficient (Wildman–Crippen LogP) is -3.08. The van der Waals surface area contributed by atoms with Gasteiger partial charge in [-0.15, -0.1) is 0 Å². The van der Waals surface area contributed by atoms with Crippen LogP contribution in [0.1, 0.15) is 0 Å². The Morgan fingerprint density at radius 2 is 1.93 bits per heavy atom. The molecule has 1 N–H and O–H groups in total. The monoisotopic (exact) mass is 242 g/mol. The fourth-order valence-electron chi connectivity index (χ4n) is 0.845. The van der Waals surface area contributed by atoms with Crippen LogP contribution in [0.4, 0.5) is 0 Å². The number of rotatable bonds is 3. The molecule has 0 spiro atoms. The van der Waals surface area contributed by atoms with Crippen molar-refractivity contribution < 1.29 is 74.2 Å². The molecule has 0 aliphatic carbocycles. The van der Waals surface area contributed by atoms with E-state index in [9.17, 15) is 13.0 Å². The van der Waals surface area contributed by atoms with E-state index in [1.807, 2.05) is 0 Å². The molecule has 0 aliphatic heterocycles. The van der Waals surface area contributed by atoms with Crippen molar-refractivity contribution in [2.24, 2.45) is 0 Å². The molecule has 0 aromatic heterocycles. The minimum atomic E-state index is -4.54. The van der Waals surface area contributed by atoms with Gasteiger partial charge >= 0.3 is 51.4 Å². The molecular weight excluding hydrogens is 235 g/mol. The maximum atomic E-state index is 10.6. The van der Waals surface area contributed by atoms with Crippen molar-refractivity contribution in [2.45, 2.75) is 4.90 Å². The predicted molar refractivity (Wildman–Crippen MR) is 42.1 cm³/mol. The zero-order chi connectivity index (χ0) is 9.90. The van der Waals surface area contributed by atoms with E-state index in [-0.39, 0.29) is 57.1 Å². The quantitative estimate of drug-likeness (QED) is 0.345. The summed E-state index contributed by atoms with van der Waals surface area (Å²) in [5, 5.41) is 8.39. The van der Waals surface area contributed by atoms with Crippen molar-refractivity contribution in [1.82, 2.24) is 0 Å². The molecule has 0 atom stereocenters. The standard InChI is InChI=1S/C7H8O5S.K/c8-5-12-6-3-1-2-4-7(6)13(9,10)11;/h1-4,8H,5H2,(H,9,10,11);/q;+1/p-1. The molecule has 7 heteroatoms. The average molecular weight is 242 g/mol. The van der Waals surface area contributed by atoms with E-state index in [0.29, 0.717) is 0 Å². The number of hydrogen-bond acceptors (Lipinski definition) is 5. The van der Waals surface area contributed by atoms with Crippen LogP contribution in [0.15, 0.2) is 29.2 Å². The van der Waals surface area contributed by atoms with E-state index >= 15 is 0 Å². The summed E-state index contributed by atoms with van der Waals surface area (Å²) in [6, 6.07) is 5.31. The molecule has 1 rings (SSSR count). The fourth-order valence-corrected chi connectivity index (χ4v) is 1.46. The van der Waals surface area contributed by atoms with Gasteiger partial charge in [0.25, 0.3) is 0 Å². The van der Waals surface area contributed by atoms with E-state index < -0.39 is 21.8 Å². The van der Waals surface area contributed by atoms with Gasteiger partial charge in [0.2, 0.25) is 0 Å². The average Bonchev–Trinajstić information content (AvgIpc) is 2.04. The zero-order valence-electron chi connectivity index (χ0n) is 7.50. The Labute approximate surface area is 124 Å². The molecule has 0 amide bonds. The normalized spacial score (nSPS) is 10.4. The molecule has 0 saturated heterocycles. The maximum absolute atomic E-state index is 10.6. The van der Waals surface area contributed by atoms with Crippen molar-refractivity contribution >= 4 is 10.1 Å². The van der Waals surface area contributed by atoms with Gasteiger partial charge in [-0.25, -0.2) is 8.42 Å². The Hall–Kier alpha value is 0.526. The first-order valence-electron chi connectivity index (χ1n) is 3.34. The minimum Gasteiger partial charge on any atom is -0.744 e. The van der Waals surface area contributed by atoms with Gasteiger partial charge in [0.15, 0.2) is 6.79 Å². The van der Waals surface area contributed by atoms with E-state index in [0.717, 1.165) is 6.07 Å². The van der Waals surface area contributed by atoms with Crippen LogP contribution in [0.2, 0.25) is 0 Å². The first-order valence-corrected chi connectivity index (χ1v) is 4.75. The van der Waals surface area contributed by atoms with Gasteiger partial charge in [0, 0.05) is 0 Å². The Balaban J connectivity index is 0.00000169. The van der Waals surface area contributed by atoms with Crippen molar-refractivity contribution in [1.29, 1.82) is 0 Å². The fraction of sp³-hybridized carbons (Fsp3) is 0.143. The molecule has 0 aliphatic rings. The molecule has 0 heterocycles. The number of aliphatic hydroxyl groups excluding tert-OH is 1. The van der Waals surface area contributed by atoms with Gasteiger partial charge in [0.1, 0.15) is 15.9 Å². The second-order valence-electron chi connectivity index (χ2n) is 2.17. The number of para-hydroxylation sites is 1. The summed E-state index contributed by atoms with van der Waals surface area (Å²) in [7, 11) is -4.54. The zero-order valence-corrected chi connectivity index (χ0v) is 11.4. The van der Waals surface area contributed by atoms with Crippen molar-refractivity contribution in [3.05, 3.63) is 24.3 Å². The van der Waals surface area contributed by atoms with Crippen LogP contribution in [0.5, 0.6) is 5.75 Å². The van der Waals surface area contributed by atoms with E-state index in [2.05, 4.69) is 4.74 Å². The van der Waals surface area contributed by atoms with Gasteiger partial charge in [0.05, 0.1) is 4.90 Å². The summed E-state index contributed by atoms with van der Waals surface area (Å²) in [5.74, 6) is -0.139. The molecule has 0 bridgehead atoms. The van der Waals surface area contributed by atoms with Gasteiger partial charge in [-0.1, -0.05) is 12.1 Å². The summed E-state index contributed by atoms with van der Waals surface area (Å²) in [4.78, 5) is -0.468. The number of hydrogen-bond donors (Lipinski definition) is 1. The Morgan fingerprint density at radius 3 is 2.43 bits per heavy atom. The summed E-state index contributed by atoms with van der Waals surface area (Å²) in [6.45, 7) is -0.674. The summed E-state index contributed by atoms with van der Waals surface area (Å²) >= 11 is 0. The van der Waals surface area contributed by atoms with Gasteiger partial charge in [-0.3, -0.25) is 0 Å². The molecular formula is C7H7KO5S. The molecule has 0 radical (unpaired) electrons. The smallest absolute Gasteiger partial charge is 0.744 e. The van der Waals surface area contributed by atoms with Crippen molar-refractivity contribution in [3.63, 3.8) is 0 Å². The molecule has 72 valence electrons. The Morgan fingerprint density at radius 1 is 1.36 bits per heavy atom. The van der Waals surface area contributed by atoms with Gasteiger partial charge < -0.3 is 14.4 Å². The third kappa shape index (κ3) is 3.95. The molecule has 5 nitrogen and oxygen atoms in total. The first kappa shape index (κ1) is 14.5. The summed E-state index contributed by atoms with van der Waals surface area (Å²) in [5.41, 5.74) is 0. The Kier molecular flexibility index (Phi) is 6.42. The third-order valence-corrected chi connectivity index (χ3v) is 2.21. The molecule has 1 aromatic carbocycles. The van der Waals surface area contributed by atoms with Crippen LogP contribution < -0.4 is 56.1 Å². The van der Waals surface area contributed by atoms with Crippen LogP contribution in [0.3, 0.4) is 0 Å². The molecule has 0 saturated carbocycles. The molecule has 1 aromatic rings. The second-order valence-corrected chi connectivity index (χ2v) is 3.52. The van der Waals surface area contributed by atoms with E-state index in [1.165, 1.54) is 18.2 Å². The van der Waals surface area contributed by atoms with Crippen molar-refractivity contribution in [2.75, 3.05) is 6.79 Å². The molecule has 0 fully saturated rings. The maximum Gasteiger partial charge on any atom is 1.00 e.